The molecule has 0 spiro atoms. The minimum absolute atomic E-state index is 0.212. The molecule has 0 aromatic heterocycles. The number of nitrogens with one attached hydrogen (secondary N) is 1. The number of carbonyl (C=O) groups excluding carboxylic acids is 1. The molecule has 0 fully saturated rings. The van der Waals surface area contributed by atoms with Crippen LogP contribution in [-0.2, 0) is 15.6 Å². The number of hydrogen-bond acceptors (Lipinski definition) is 3. The van der Waals surface area contributed by atoms with Crippen molar-refractivity contribution in [2.45, 2.75) is 30.6 Å². The summed E-state index contributed by atoms with van der Waals surface area (Å²) in [6.45, 7) is 5.41. The highest BCUT2D eigenvalue weighted by Crippen LogP contribution is 2.25. The van der Waals surface area contributed by atoms with Gasteiger partial charge in [-0.2, -0.15) is 0 Å². The van der Waals surface area contributed by atoms with Gasteiger partial charge < -0.3 is 11.1 Å². The number of rotatable bonds is 3. The third-order valence-electron chi connectivity index (χ3n) is 3.24. The van der Waals surface area contributed by atoms with Gasteiger partial charge in [0.25, 0.3) is 0 Å². The Hall–Kier alpha value is -2.14. The number of nitrogen functional groups attached to an aromatic ring is 1. The zero-order chi connectivity index (χ0) is 15.6. The lowest BCUT2D eigenvalue weighted by molar-refractivity contribution is -0.114. The Morgan fingerprint density at radius 1 is 1.05 bits per heavy atom. The molecule has 2 rings (SSSR count). The molecule has 0 saturated heterocycles. The zero-order valence-corrected chi connectivity index (χ0v) is 13.1. The fraction of sp³-hybridized carbons (Fsp3) is 0.188. The van der Waals surface area contributed by atoms with Crippen molar-refractivity contribution in [2.75, 3.05) is 11.1 Å². The molecule has 3 N–H and O–H groups in total. The van der Waals surface area contributed by atoms with Gasteiger partial charge in [0.1, 0.15) is 0 Å². The lowest BCUT2D eigenvalue weighted by Gasteiger charge is -2.10. The van der Waals surface area contributed by atoms with E-state index in [9.17, 15) is 9.00 Å². The third kappa shape index (κ3) is 3.49. The molecule has 2 aromatic rings. The molecule has 110 valence electrons. The molecule has 2 aromatic carbocycles. The van der Waals surface area contributed by atoms with Crippen molar-refractivity contribution in [1.82, 2.24) is 0 Å². The van der Waals surface area contributed by atoms with Crippen LogP contribution in [0.15, 0.2) is 46.2 Å². The highest BCUT2D eigenvalue weighted by atomic mass is 32.2. The molecule has 0 saturated carbocycles. The predicted molar refractivity (Wildman–Crippen MR) is 85.7 cm³/mol. The average molecular weight is 302 g/mol. The predicted octanol–water partition coefficient (Wildman–Crippen LogP) is 3.01. The Bertz CT molecular complexity index is 726. The summed E-state index contributed by atoms with van der Waals surface area (Å²) in [5.74, 6) is -0.212. The molecule has 1 amide bonds. The Labute approximate surface area is 126 Å². The number of carbonyl (C=O) groups is 1. The van der Waals surface area contributed by atoms with Gasteiger partial charge in [-0.3, -0.25) is 4.79 Å². The van der Waals surface area contributed by atoms with Gasteiger partial charge in [-0.15, -0.1) is 0 Å². The molecule has 0 aliphatic rings. The van der Waals surface area contributed by atoms with Crippen LogP contribution in [0.4, 0.5) is 11.4 Å². The van der Waals surface area contributed by atoms with Gasteiger partial charge in [-0.25, -0.2) is 4.21 Å². The van der Waals surface area contributed by atoms with Crippen molar-refractivity contribution in [3.63, 3.8) is 0 Å². The van der Waals surface area contributed by atoms with Crippen LogP contribution in [0.1, 0.15) is 18.1 Å². The molecule has 5 heteroatoms. The topological polar surface area (TPSA) is 72.2 Å². The molecule has 21 heavy (non-hydrogen) atoms. The van der Waals surface area contributed by atoms with Gasteiger partial charge in [0.05, 0.1) is 22.2 Å². The van der Waals surface area contributed by atoms with Crippen LogP contribution in [0.2, 0.25) is 0 Å². The quantitative estimate of drug-likeness (QED) is 0.856. The number of anilines is 2. The first kappa shape index (κ1) is 15.3. The summed E-state index contributed by atoms with van der Waals surface area (Å²) in [5, 5.41) is 2.64. The Balaban J connectivity index is 2.39. The van der Waals surface area contributed by atoms with Gasteiger partial charge in [-0.1, -0.05) is 6.07 Å². The van der Waals surface area contributed by atoms with Crippen LogP contribution in [-0.4, -0.2) is 10.1 Å². The van der Waals surface area contributed by atoms with Crippen LogP contribution in [0.5, 0.6) is 0 Å². The molecule has 0 radical (unpaired) electrons. The highest BCUT2D eigenvalue weighted by Gasteiger charge is 2.11. The second-order valence-electron chi connectivity index (χ2n) is 4.95. The Morgan fingerprint density at radius 3 is 2.29 bits per heavy atom. The van der Waals surface area contributed by atoms with Crippen molar-refractivity contribution in [2.24, 2.45) is 0 Å². The first-order chi connectivity index (χ1) is 9.88. The van der Waals surface area contributed by atoms with Crippen LogP contribution < -0.4 is 11.1 Å². The van der Waals surface area contributed by atoms with E-state index >= 15 is 0 Å². The molecule has 0 bridgehead atoms. The van der Waals surface area contributed by atoms with Crippen molar-refractivity contribution in [3.05, 3.63) is 47.5 Å². The van der Waals surface area contributed by atoms with Crippen molar-refractivity contribution in [3.8, 4) is 0 Å². The lowest BCUT2D eigenvalue weighted by Crippen LogP contribution is -2.08. The number of benzene rings is 2. The van der Waals surface area contributed by atoms with E-state index in [0.717, 1.165) is 16.0 Å². The van der Waals surface area contributed by atoms with Crippen molar-refractivity contribution < 1.29 is 9.00 Å². The number of aryl methyl sites for hydroxylation is 2. The van der Waals surface area contributed by atoms with Crippen LogP contribution in [0, 0.1) is 13.8 Å². The maximum absolute atomic E-state index is 12.6. The van der Waals surface area contributed by atoms with E-state index in [1.165, 1.54) is 6.92 Å². The van der Waals surface area contributed by atoms with E-state index in [4.69, 9.17) is 5.73 Å². The molecule has 4 nitrogen and oxygen atoms in total. The normalized spacial score (nSPS) is 12.0. The summed E-state index contributed by atoms with van der Waals surface area (Å²) >= 11 is 0. The molecular weight excluding hydrogens is 284 g/mol. The SMILES string of the molecule is CC(=O)Nc1cc(S(=O)c2ccc(C)c(C)c2)ccc1N. The van der Waals surface area contributed by atoms with E-state index < -0.39 is 10.8 Å². The van der Waals surface area contributed by atoms with Crippen molar-refractivity contribution in [1.29, 1.82) is 0 Å². The third-order valence-corrected chi connectivity index (χ3v) is 4.61. The van der Waals surface area contributed by atoms with Gasteiger partial charge in [0, 0.05) is 16.7 Å². The fourth-order valence-electron chi connectivity index (χ4n) is 1.91. The molecule has 0 aliphatic carbocycles. The van der Waals surface area contributed by atoms with Gasteiger partial charge >= 0.3 is 0 Å². The summed E-state index contributed by atoms with van der Waals surface area (Å²) in [5.41, 5.74) is 9.00. The smallest absolute Gasteiger partial charge is 0.221 e. The van der Waals surface area contributed by atoms with Crippen LogP contribution in [0.25, 0.3) is 0 Å². The molecule has 0 aliphatic heterocycles. The van der Waals surface area contributed by atoms with E-state index in [0.29, 0.717) is 16.3 Å². The van der Waals surface area contributed by atoms with Gasteiger partial charge in [0.2, 0.25) is 5.91 Å². The van der Waals surface area contributed by atoms with E-state index in [-0.39, 0.29) is 5.91 Å². The number of hydrogen-bond donors (Lipinski definition) is 2. The molecule has 1 unspecified atom stereocenters. The first-order valence-corrected chi connectivity index (χ1v) is 7.69. The monoisotopic (exact) mass is 302 g/mol. The zero-order valence-electron chi connectivity index (χ0n) is 12.3. The van der Waals surface area contributed by atoms with Crippen LogP contribution >= 0.6 is 0 Å². The lowest BCUT2D eigenvalue weighted by atomic mass is 10.1. The summed E-state index contributed by atoms with van der Waals surface area (Å²) in [6, 6.07) is 10.7. The van der Waals surface area contributed by atoms with E-state index in [2.05, 4.69) is 5.32 Å². The van der Waals surface area contributed by atoms with E-state index in [1.807, 2.05) is 32.0 Å². The van der Waals surface area contributed by atoms with Gasteiger partial charge in [-0.05, 0) is 55.3 Å². The largest absolute Gasteiger partial charge is 0.397 e. The Morgan fingerprint density at radius 2 is 1.67 bits per heavy atom. The standard InChI is InChI=1S/C16H18N2O2S/c1-10-4-5-13(8-11(10)2)21(20)14-6-7-15(17)16(9-14)18-12(3)19/h4-9H,17H2,1-3H3,(H,18,19). The molecular formula is C16H18N2O2S. The second-order valence-corrected chi connectivity index (χ2v) is 6.43. The maximum Gasteiger partial charge on any atom is 0.221 e. The average Bonchev–Trinajstić information content (AvgIpc) is 2.43. The number of nitrogens with two attached hydrogens (primary N) is 1. The summed E-state index contributed by atoms with van der Waals surface area (Å²) in [7, 11) is -1.31. The first-order valence-electron chi connectivity index (χ1n) is 6.54. The number of amides is 1. The highest BCUT2D eigenvalue weighted by molar-refractivity contribution is 7.85. The van der Waals surface area contributed by atoms with E-state index in [1.54, 1.807) is 18.2 Å². The summed E-state index contributed by atoms with van der Waals surface area (Å²) in [6.07, 6.45) is 0. The summed E-state index contributed by atoms with van der Waals surface area (Å²) in [4.78, 5) is 12.5. The van der Waals surface area contributed by atoms with Gasteiger partial charge in [0.15, 0.2) is 0 Å². The second kappa shape index (κ2) is 6.10. The van der Waals surface area contributed by atoms with Crippen LogP contribution in [0.3, 0.4) is 0 Å². The molecule has 1 atom stereocenters. The molecule has 0 heterocycles. The minimum Gasteiger partial charge on any atom is -0.397 e. The maximum atomic E-state index is 12.6. The summed E-state index contributed by atoms with van der Waals surface area (Å²) < 4.78 is 12.6. The fourth-order valence-corrected chi connectivity index (χ4v) is 3.08. The minimum atomic E-state index is -1.31. The Kier molecular flexibility index (Phi) is 4.43. The van der Waals surface area contributed by atoms with Crippen molar-refractivity contribution >= 4 is 28.1 Å².